The van der Waals surface area contributed by atoms with Gasteiger partial charge < -0.3 is 5.73 Å². The fourth-order valence-electron chi connectivity index (χ4n) is 1.99. The first-order valence-corrected chi connectivity index (χ1v) is 5.83. The molecule has 0 fully saturated rings. The average molecular weight is 235 g/mol. The highest BCUT2D eigenvalue weighted by atomic mass is 14.9. The van der Waals surface area contributed by atoms with Gasteiger partial charge in [0, 0.05) is 5.56 Å². The summed E-state index contributed by atoms with van der Waals surface area (Å²) in [4.78, 5) is 9.03. The van der Waals surface area contributed by atoms with Gasteiger partial charge in [-0.05, 0) is 24.6 Å². The Hall–Kier alpha value is -2.42. The standard InChI is InChI=1S/C15H13N3/c1-10-7-8-12-13(9-10)17-14(15(16)18-12)11-5-3-2-4-6-11/h2-9H,1H3,(H2,16,18). The van der Waals surface area contributed by atoms with Gasteiger partial charge in [-0.1, -0.05) is 36.4 Å². The van der Waals surface area contributed by atoms with Gasteiger partial charge in [0.15, 0.2) is 5.82 Å². The van der Waals surface area contributed by atoms with Crippen LogP contribution < -0.4 is 5.73 Å². The van der Waals surface area contributed by atoms with Gasteiger partial charge in [0.25, 0.3) is 0 Å². The van der Waals surface area contributed by atoms with Crippen LogP contribution in [0.2, 0.25) is 0 Å². The zero-order chi connectivity index (χ0) is 12.5. The number of nitrogens with zero attached hydrogens (tertiary/aromatic N) is 2. The largest absolute Gasteiger partial charge is 0.382 e. The lowest BCUT2D eigenvalue weighted by atomic mass is 10.1. The first-order chi connectivity index (χ1) is 8.74. The Kier molecular flexibility index (Phi) is 2.45. The van der Waals surface area contributed by atoms with Crippen LogP contribution in [0.1, 0.15) is 5.56 Å². The van der Waals surface area contributed by atoms with Gasteiger partial charge in [-0.2, -0.15) is 0 Å². The minimum Gasteiger partial charge on any atom is -0.382 e. The highest BCUT2D eigenvalue weighted by molar-refractivity contribution is 5.82. The van der Waals surface area contributed by atoms with Crippen molar-refractivity contribution in [3.8, 4) is 11.3 Å². The van der Waals surface area contributed by atoms with E-state index in [1.807, 2.05) is 55.5 Å². The summed E-state index contributed by atoms with van der Waals surface area (Å²) in [6.45, 7) is 2.04. The second-order valence-electron chi connectivity index (χ2n) is 4.32. The Morgan fingerprint density at radius 3 is 2.44 bits per heavy atom. The molecule has 3 nitrogen and oxygen atoms in total. The van der Waals surface area contributed by atoms with E-state index in [1.54, 1.807) is 0 Å². The summed E-state index contributed by atoms with van der Waals surface area (Å²) in [5.74, 6) is 0.470. The van der Waals surface area contributed by atoms with E-state index in [9.17, 15) is 0 Å². The number of nitrogen functional groups attached to an aromatic ring is 1. The maximum absolute atomic E-state index is 5.98. The maximum atomic E-state index is 5.98. The van der Waals surface area contributed by atoms with Gasteiger partial charge in [-0.3, -0.25) is 0 Å². The summed E-state index contributed by atoms with van der Waals surface area (Å²) in [7, 11) is 0. The van der Waals surface area contributed by atoms with E-state index < -0.39 is 0 Å². The van der Waals surface area contributed by atoms with Gasteiger partial charge >= 0.3 is 0 Å². The van der Waals surface area contributed by atoms with Crippen molar-refractivity contribution in [3.63, 3.8) is 0 Å². The van der Waals surface area contributed by atoms with E-state index in [-0.39, 0.29) is 0 Å². The third-order valence-corrected chi connectivity index (χ3v) is 2.89. The molecule has 0 radical (unpaired) electrons. The zero-order valence-corrected chi connectivity index (χ0v) is 10.1. The maximum Gasteiger partial charge on any atom is 0.150 e. The summed E-state index contributed by atoms with van der Waals surface area (Å²) in [5, 5.41) is 0. The fraction of sp³-hybridized carbons (Fsp3) is 0.0667. The van der Waals surface area contributed by atoms with Crippen LogP contribution in [0.25, 0.3) is 22.3 Å². The van der Waals surface area contributed by atoms with E-state index >= 15 is 0 Å². The molecule has 0 saturated carbocycles. The van der Waals surface area contributed by atoms with E-state index in [0.717, 1.165) is 22.3 Å². The molecule has 0 atom stereocenters. The smallest absolute Gasteiger partial charge is 0.150 e. The van der Waals surface area contributed by atoms with Crippen LogP contribution in [-0.4, -0.2) is 9.97 Å². The van der Waals surface area contributed by atoms with Gasteiger partial charge in [0.1, 0.15) is 5.69 Å². The Bertz CT molecular complexity index is 706. The van der Waals surface area contributed by atoms with Crippen LogP contribution >= 0.6 is 0 Å². The number of hydrogen-bond acceptors (Lipinski definition) is 3. The fourth-order valence-corrected chi connectivity index (χ4v) is 1.99. The molecular weight excluding hydrogens is 222 g/mol. The van der Waals surface area contributed by atoms with Crippen LogP contribution in [0, 0.1) is 6.92 Å². The Labute approximate surface area is 105 Å². The summed E-state index contributed by atoms with van der Waals surface area (Å²) >= 11 is 0. The van der Waals surface area contributed by atoms with Crippen LogP contribution in [0.5, 0.6) is 0 Å². The molecule has 3 aromatic rings. The average Bonchev–Trinajstić information content (AvgIpc) is 2.39. The molecule has 3 rings (SSSR count). The molecule has 0 amide bonds. The molecule has 2 aromatic carbocycles. The minimum absolute atomic E-state index is 0.470. The third kappa shape index (κ3) is 1.80. The van der Waals surface area contributed by atoms with Crippen molar-refractivity contribution in [1.29, 1.82) is 0 Å². The molecular formula is C15H13N3. The number of benzene rings is 2. The van der Waals surface area contributed by atoms with Crippen molar-refractivity contribution in [2.24, 2.45) is 0 Å². The van der Waals surface area contributed by atoms with Gasteiger partial charge in [0.2, 0.25) is 0 Å². The number of fused-ring (bicyclic) bond motifs is 1. The van der Waals surface area contributed by atoms with Crippen molar-refractivity contribution in [1.82, 2.24) is 9.97 Å². The monoisotopic (exact) mass is 235 g/mol. The first-order valence-electron chi connectivity index (χ1n) is 5.83. The van der Waals surface area contributed by atoms with E-state index in [1.165, 1.54) is 5.56 Å². The number of anilines is 1. The highest BCUT2D eigenvalue weighted by Gasteiger charge is 2.07. The number of aromatic nitrogens is 2. The van der Waals surface area contributed by atoms with E-state index in [0.29, 0.717) is 5.82 Å². The van der Waals surface area contributed by atoms with E-state index in [2.05, 4.69) is 9.97 Å². The van der Waals surface area contributed by atoms with Crippen LogP contribution in [0.15, 0.2) is 48.5 Å². The molecule has 0 aliphatic heterocycles. The Balaban J connectivity index is 2.27. The number of rotatable bonds is 1. The zero-order valence-electron chi connectivity index (χ0n) is 10.1. The van der Waals surface area contributed by atoms with Crippen LogP contribution in [0.3, 0.4) is 0 Å². The molecule has 2 N–H and O–H groups in total. The molecule has 0 unspecified atom stereocenters. The molecule has 0 spiro atoms. The van der Waals surface area contributed by atoms with Gasteiger partial charge in [-0.25, -0.2) is 9.97 Å². The number of nitrogens with two attached hydrogens (primary N) is 1. The molecule has 0 aliphatic rings. The lowest BCUT2D eigenvalue weighted by Crippen LogP contribution is -1.98. The topological polar surface area (TPSA) is 51.8 Å². The Morgan fingerprint density at radius 2 is 1.67 bits per heavy atom. The van der Waals surface area contributed by atoms with Crippen molar-refractivity contribution >= 4 is 16.9 Å². The molecule has 88 valence electrons. The lowest BCUT2D eigenvalue weighted by molar-refractivity contribution is 1.29. The van der Waals surface area contributed by atoms with Gasteiger partial charge in [0.05, 0.1) is 11.0 Å². The Morgan fingerprint density at radius 1 is 0.889 bits per heavy atom. The second kappa shape index (κ2) is 4.11. The van der Waals surface area contributed by atoms with Crippen molar-refractivity contribution in [2.45, 2.75) is 6.92 Å². The van der Waals surface area contributed by atoms with Crippen molar-refractivity contribution < 1.29 is 0 Å². The molecule has 0 saturated heterocycles. The molecule has 1 aromatic heterocycles. The summed E-state index contributed by atoms with van der Waals surface area (Å²) < 4.78 is 0. The quantitative estimate of drug-likeness (QED) is 0.704. The minimum atomic E-state index is 0.470. The normalized spacial score (nSPS) is 10.7. The summed E-state index contributed by atoms with van der Waals surface area (Å²) in [5.41, 5.74) is 10.6. The molecule has 3 heteroatoms. The van der Waals surface area contributed by atoms with Crippen molar-refractivity contribution in [3.05, 3.63) is 54.1 Å². The SMILES string of the molecule is Cc1ccc2nc(N)c(-c3ccccc3)nc2c1. The molecule has 0 aliphatic carbocycles. The molecule has 18 heavy (non-hydrogen) atoms. The predicted molar refractivity (Wildman–Crippen MR) is 74.1 cm³/mol. The first kappa shape index (κ1) is 10.7. The predicted octanol–water partition coefficient (Wildman–Crippen LogP) is 3.19. The molecule has 0 bridgehead atoms. The van der Waals surface area contributed by atoms with Crippen LogP contribution in [-0.2, 0) is 0 Å². The molecule has 1 heterocycles. The van der Waals surface area contributed by atoms with Crippen molar-refractivity contribution in [2.75, 3.05) is 5.73 Å². The van der Waals surface area contributed by atoms with Crippen LogP contribution in [0.4, 0.5) is 5.82 Å². The van der Waals surface area contributed by atoms with Gasteiger partial charge in [-0.15, -0.1) is 0 Å². The lowest BCUT2D eigenvalue weighted by Gasteiger charge is -2.06. The van der Waals surface area contributed by atoms with E-state index in [4.69, 9.17) is 5.73 Å². The number of aryl methyl sites for hydroxylation is 1. The third-order valence-electron chi connectivity index (χ3n) is 2.89. The highest BCUT2D eigenvalue weighted by Crippen LogP contribution is 2.24. The summed E-state index contributed by atoms with van der Waals surface area (Å²) in [6, 6.07) is 15.9. The second-order valence-corrected chi connectivity index (χ2v) is 4.32. The number of hydrogen-bond donors (Lipinski definition) is 1. The summed E-state index contributed by atoms with van der Waals surface area (Å²) in [6.07, 6.45) is 0.